The second-order valence-corrected chi connectivity index (χ2v) is 3.44. The van der Waals surface area contributed by atoms with Gasteiger partial charge in [0, 0.05) is 23.7 Å². The first-order valence-corrected chi connectivity index (χ1v) is 4.38. The highest BCUT2D eigenvalue weighted by Crippen LogP contribution is 2.15. The molecule has 2 aromatic rings. The fourth-order valence-corrected chi connectivity index (χ4v) is 1.49. The minimum Gasteiger partial charge on any atom is -0.331 e. The third kappa shape index (κ3) is 1.26. The molecule has 3 heteroatoms. The van der Waals surface area contributed by atoms with E-state index in [2.05, 4.69) is 23.4 Å². The molecule has 0 radical (unpaired) electrons. The molecule has 0 aromatic carbocycles. The number of aromatic nitrogens is 2. The molecule has 0 aliphatic heterocycles. The Hall–Kier alpha value is -1.51. The Bertz CT molecular complexity index is 479. The highest BCUT2D eigenvalue weighted by molar-refractivity contribution is 5.75. The van der Waals surface area contributed by atoms with Crippen LogP contribution in [-0.4, -0.2) is 9.55 Å². The van der Waals surface area contributed by atoms with Gasteiger partial charge in [0.25, 0.3) is 0 Å². The first kappa shape index (κ1) is 8.10. The van der Waals surface area contributed by atoms with Gasteiger partial charge in [0.2, 0.25) is 5.56 Å². The lowest BCUT2D eigenvalue weighted by Crippen LogP contribution is -2.07. The zero-order valence-electron chi connectivity index (χ0n) is 7.74. The van der Waals surface area contributed by atoms with Crippen molar-refractivity contribution < 1.29 is 0 Å². The predicted molar refractivity (Wildman–Crippen MR) is 52.9 cm³/mol. The molecular weight excluding hydrogens is 164 g/mol. The molecule has 0 fully saturated rings. The number of fused-ring (bicyclic) bond motifs is 1. The third-order valence-electron chi connectivity index (χ3n) is 2.16. The van der Waals surface area contributed by atoms with Gasteiger partial charge in [-0.05, 0) is 26.0 Å². The van der Waals surface area contributed by atoms with Gasteiger partial charge in [0.15, 0.2) is 0 Å². The topological polar surface area (TPSA) is 37.8 Å². The van der Waals surface area contributed by atoms with Crippen molar-refractivity contribution in [3.8, 4) is 0 Å². The van der Waals surface area contributed by atoms with E-state index in [9.17, 15) is 4.79 Å². The lowest BCUT2D eigenvalue weighted by atomic mass is 10.3. The molecule has 68 valence electrons. The zero-order chi connectivity index (χ0) is 9.42. The Kier molecular flexibility index (Phi) is 1.72. The number of nitrogens with one attached hydrogen (secondary N) is 1. The van der Waals surface area contributed by atoms with Crippen LogP contribution in [0.25, 0.3) is 11.0 Å². The summed E-state index contributed by atoms with van der Waals surface area (Å²) in [4.78, 5) is 13.9. The van der Waals surface area contributed by atoms with E-state index in [0.717, 1.165) is 11.0 Å². The van der Waals surface area contributed by atoms with E-state index < -0.39 is 0 Å². The van der Waals surface area contributed by atoms with E-state index in [1.54, 1.807) is 6.07 Å². The van der Waals surface area contributed by atoms with E-state index in [1.807, 2.05) is 18.3 Å². The van der Waals surface area contributed by atoms with Gasteiger partial charge in [0.1, 0.15) is 5.65 Å². The van der Waals surface area contributed by atoms with Crippen molar-refractivity contribution in [1.29, 1.82) is 0 Å². The van der Waals surface area contributed by atoms with Crippen molar-refractivity contribution in [3.05, 3.63) is 34.7 Å². The largest absolute Gasteiger partial charge is 0.331 e. The molecule has 3 nitrogen and oxygen atoms in total. The second-order valence-electron chi connectivity index (χ2n) is 3.44. The molecule has 0 atom stereocenters. The Balaban J connectivity index is 2.79. The Morgan fingerprint density at radius 2 is 2.08 bits per heavy atom. The third-order valence-corrected chi connectivity index (χ3v) is 2.16. The molecule has 2 aromatic heterocycles. The minimum absolute atomic E-state index is 0.0481. The molecule has 2 heterocycles. The monoisotopic (exact) mass is 176 g/mol. The van der Waals surface area contributed by atoms with Gasteiger partial charge in [-0.2, -0.15) is 0 Å². The highest BCUT2D eigenvalue weighted by Gasteiger charge is 2.03. The van der Waals surface area contributed by atoms with Crippen molar-refractivity contribution >= 4 is 11.0 Å². The number of rotatable bonds is 1. The smallest absolute Gasteiger partial charge is 0.249 e. The van der Waals surface area contributed by atoms with Gasteiger partial charge in [0.05, 0.1) is 0 Å². The van der Waals surface area contributed by atoms with Gasteiger partial charge in [-0.15, -0.1) is 0 Å². The lowest BCUT2D eigenvalue weighted by Gasteiger charge is -2.07. The summed E-state index contributed by atoms with van der Waals surface area (Å²) in [6, 6.07) is 5.77. The average Bonchev–Trinajstić information content (AvgIpc) is 2.46. The van der Waals surface area contributed by atoms with Gasteiger partial charge < -0.3 is 9.55 Å². The second kappa shape index (κ2) is 2.76. The normalized spacial score (nSPS) is 11.3. The zero-order valence-corrected chi connectivity index (χ0v) is 7.74. The number of aromatic amines is 1. The lowest BCUT2D eigenvalue weighted by molar-refractivity contribution is 0.617. The van der Waals surface area contributed by atoms with E-state index in [0.29, 0.717) is 6.04 Å². The fourth-order valence-electron chi connectivity index (χ4n) is 1.49. The van der Waals surface area contributed by atoms with Crippen LogP contribution in [0, 0.1) is 0 Å². The number of nitrogens with zero attached hydrogens (tertiary/aromatic N) is 1. The summed E-state index contributed by atoms with van der Waals surface area (Å²) in [7, 11) is 0. The molecule has 13 heavy (non-hydrogen) atoms. The molecular formula is C10H12N2O. The van der Waals surface area contributed by atoms with E-state index in [-0.39, 0.29) is 5.56 Å². The van der Waals surface area contributed by atoms with E-state index >= 15 is 0 Å². The van der Waals surface area contributed by atoms with Crippen molar-refractivity contribution in [2.24, 2.45) is 0 Å². The number of H-pyrrole nitrogens is 1. The van der Waals surface area contributed by atoms with Gasteiger partial charge in [-0.1, -0.05) is 0 Å². The van der Waals surface area contributed by atoms with Crippen LogP contribution in [0.5, 0.6) is 0 Å². The number of pyridine rings is 1. The van der Waals surface area contributed by atoms with Crippen LogP contribution in [-0.2, 0) is 0 Å². The molecule has 0 unspecified atom stereocenters. The SMILES string of the molecule is CC(C)n1ccc2ccc(=O)[nH]c21. The van der Waals surface area contributed by atoms with Crippen molar-refractivity contribution in [2.75, 3.05) is 0 Å². The van der Waals surface area contributed by atoms with Crippen LogP contribution in [0.2, 0.25) is 0 Å². The fraction of sp³-hybridized carbons (Fsp3) is 0.300. The molecule has 0 amide bonds. The van der Waals surface area contributed by atoms with Crippen LogP contribution < -0.4 is 5.56 Å². The van der Waals surface area contributed by atoms with Crippen molar-refractivity contribution in [3.63, 3.8) is 0 Å². The molecule has 0 aliphatic rings. The minimum atomic E-state index is -0.0481. The van der Waals surface area contributed by atoms with Crippen molar-refractivity contribution in [1.82, 2.24) is 9.55 Å². The predicted octanol–water partition coefficient (Wildman–Crippen LogP) is 1.91. The van der Waals surface area contributed by atoms with Crippen LogP contribution >= 0.6 is 0 Å². The quantitative estimate of drug-likeness (QED) is 0.708. The number of hydrogen-bond donors (Lipinski definition) is 1. The van der Waals surface area contributed by atoms with Crippen LogP contribution in [0.3, 0.4) is 0 Å². The Morgan fingerprint density at radius 3 is 2.77 bits per heavy atom. The standard InChI is InChI=1S/C10H12N2O/c1-7(2)12-6-5-8-3-4-9(13)11-10(8)12/h3-7H,1-2H3,(H,11,13). The molecule has 1 N–H and O–H groups in total. The summed E-state index contributed by atoms with van der Waals surface area (Å²) in [5, 5.41) is 1.08. The Morgan fingerprint density at radius 1 is 1.31 bits per heavy atom. The molecule has 0 saturated heterocycles. The van der Waals surface area contributed by atoms with Gasteiger partial charge in [-0.25, -0.2) is 0 Å². The summed E-state index contributed by atoms with van der Waals surface area (Å²) in [6.07, 6.45) is 1.99. The van der Waals surface area contributed by atoms with Crippen LogP contribution in [0.1, 0.15) is 19.9 Å². The van der Waals surface area contributed by atoms with Gasteiger partial charge in [-0.3, -0.25) is 4.79 Å². The first-order chi connectivity index (χ1) is 6.18. The van der Waals surface area contributed by atoms with Gasteiger partial charge >= 0.3 is 0 Å². The molecule has 0 aliphatic carbocycles. The summed E-state index contributed by atoms with van der Waals surface area (Å²) < 4.78 is 2.05. The summed E-state index contributed by atoms with van der Waals surface area (Å²) in [5.74, 6) is 0. The highest BCUT2D eigenvalue weighted by atomic mass is 16.1. The first-order valence-electron chi connectivity index (χ1n) is 4.38. The van der Waals surface area contributed by atoms with Crippen LogP contribution in [0.15, 0.2) is 29.2 Å². The number of hydrogen-bond acceptors (Lipinski definition) is 1. The maximum Gasteiger partial charge on any atom is 0.249 e. The molecule has 0 saturated carbocycles. The van der Waals surface area contributed by atoms with E-state index in [4.69, 9.17) is 0 Å². The maximum atomic E-state index is 11.1. The summed E-state index contributed by atoms with van der Waals surface area (Å²) in [6.45, 7) is 4.18. The molecule has 0 spiro atoms. The van der Waals surface area contributed by atoms with E-state index in [1.165, 1.54) is 0 Å². The average molecular weight is 176 g/mol. The van der Waals surface area contributed by atoms with Crippen molar-refractivity contribution in [2.45, 2.75) is 19.9 Å². The summed E-state index contributed by atoms with van der Waals surface area (Å²) >= 11 is 0. The molecule has 2 rings (SSSR count). The van der Waals surface area contributed by atoms with Crippen LogP contribution in [0.4, 0.5) is 0 Å². The Labute approximate surface area is 76.0 Å². The summed E-state index contributed by atoms with van der Waals surface area (Å²) in [5.41, 5.74) is 0.857. The maximum absolute atomic E-state index is 11.1. The molecule has 0 bridgehead atoms.